The predicted octanol–water partition coefficient (Wildman–Crippen LogP) is 2.89. The first-order valence-electron chi connectivity index (χ1n) is 9.05. The van der Waals surface area contributed by atoms with Crippen LogP contribution >= 0.6 is 0 Å². The molecule has 0 bridgehead atoms. The number of hydrogen-bond donors (Lipinski definition) is 1. The summed E-state index contributed by atoms with van der Waals surface area (Å²) in [5.74, 6) is 0.0146. The number of anilines is 1. The number of nitrogens with two attached hydrogens (primary N) is 1. The Morgan fingerprint density at radius 3 is 2.60 bits per heavy atom. The van der Waals surface area contributed by atoms with Crippen molar-refractivity contribution in [1.29, 1.82) is 0 Å². The van der Waals surface area contributed by atoms with Crippen LogP contribution in [0.5, 0.6) is 0 Å². The normalized spacial score (nSPS) is 20.2. The third kappa shape index (κ3) is 3.27. The molecule has 1 unspecified atom stereocenters. The van der Waals surface area contributed by atoms with Gasteiger partial charge in [0.1, 0.15) is 0 Å². The Hall–Kier alpha value is -2.33. The third-order valence-electron chi connectivity index (χ3n) is 5.46. The van der Waals surface area contributed by atoms with Crippen LogP contribution in [0.4, 0.5) is 5.69 Å². The van der Waals surface area contributed by atoms with Crippen molar-refractivity contribution in [2.75, 3.05) is 31.2 Å². The highest BCUT2D eigenvalue weighted by molar-refractivity contribution is 5.95. The molecule has 0 aromatic heterocycles. The lowest BCUT2D eigenvalue weighted by molar-refractivity contribution is 0.0998. The lowest BCUT2D eigenvalue weighted by atomic mass is 9.78. The zero-order valence-corrected chi connectivity index (χ0v) is 14.4. The van der Waals surface area contributed by atoms with Gasteiger partial charge in [-0.05, 0) is 60.1 Å². The lowest BCUT2D eigenvalue weighted by Gasteiger charge is -2.31. The fourth-order valence-corrected chi connectivity index (χ4v) is 4.09. The van der Waals surface area contributed by atoms with Gasteiger partial charge in [0.25, 0.3) is 0 Å². The molecule has 0 saturated carbocycles. The van der Waals surface area contributed by atoms with Crippen LogP contribution in [-0.4, -0.2) is 32.2 Å². The quantitative estimate of drug-likeness (QED) is 0.938. The molecule has 2 aromatic rings. The van der Waals surface area contributed by atoms with Crippen molar-refractivity contribution in [1.82, 2.24) is 0 Å². The molecule has 1 amide bonds. The summed E-state index contributed by atoms with van der Waals surface area (Å²) < 4.78 is 5.45. The van der Waals surface area contributed by atoms with Crippen molar-refractivity contribution >= 4 is 11.6 Å². The maximum Gasteiger partial charge on any atom is 0.248 e. The molecule has 1 heterocycles. The zero-order valence-electron chi connectivity index (χ0n) is 14.4. The number of carbonyl (C=O) groups excluding carboxylic acids is 1. The topological polar surface area (TPSA) is 55.6 Å². The van der Waals surface area contributed by atoms with E-state index in [-0.39, 0.29) is 5.91 Å². The fourth-order valence-electron chi connectivity index (χ4n) is 4.09. The second-order valence-electron chi connectivity index (χ2n) is 6.94. The molecule has 2 N–H and O–H groups in total. The number of carbonyl (C=O) groups is 1. The summed E-state index contributed by atoms with van der Waals surface area (Å²) in [6.07, 6.45) is 3.09. The minimum atomic E-state index is -0.331. The van der Waals surface area contributed by atoms with E-state index in [1.165, 1.54) is 16.8 Å². The van der Waals surface area contributed by atoms with Crippen molar-refractivity contribution in [3.8, 4) is 0 Å². The molecule has 2 aliphatic rings. The summed E-state index contributed by atoms with van der Waals surface area (Å²) in [6.45, 7) is 3.29. The highest BCUT2D eigenvalue weighted by Crippen LogP contribution is 2.36. The van der Waals surface area contributed by atoms with Gasteiger partial charge in [0.2, 0.25) is 5.91 Å². The van der Waals surface area contributed by atoms with Crippen molar-refractivity contribution in [3.05, 3.63) is 64.7 Å². The Morgan fingerprint density at radius 1 is 1.08 bits per heavy atom. The van der Waals surface area contributed by atoms with Gasteiger partial charge in [-0.3, -0.25) is 4.79 Å². The van der Waals surface area contributed by atoms with Crippen LogP contribution in [0.25, 0.3) is 0 Å². The number of rotatable bonds is 3. The number of hydrogen-bond acceptors (Lipinski definition) is 3. The smallest absolute Gasteiger partial charge is 0.248 e. The van der Waals surface area contributed by atoms with Crippen LogP contribution in [0.1, 0.15) is 39.4 Å². The van der Waals surface area contributed by atoms with E-state index in [4.69, 9.17) is 10.5 Å². The second kappa shape index (κ2) is 6.89. The summed E-state index contributed by atoms with van der Waals surface area (Å²) >= 11 is 0. The average Bonchev–Trinajstić information content (AvgIpc) is 2.67. The number of fused-ring (bicyclic) bond motifs is 1. The van der Waals surface area contributed by atoms with Crippen LogP contribution in [0.2, 0.25) is 0 Å². The third-order valence-corrected chi connectivity index (χ3v) is 5.46. The molecule has 1 atom stereocenters. The van der Waals surface area contributed by atoms with E-state index in [1.807, 2.05) is 12.1 Å². The van der Waals surface area contributed by atoms with Crippen LogP contribution < -0.4 is 10.6 Å². The number of amides is 1. The van der Waals surface area contributed by atoms with Crippen molar-refractivity contribution in [3.63, 3.8) is 0 Å². The van der Waals surface area contributed by atoms with Crippen LogP contribution in [0.15, 0.2) is 42.5 Å². The Morgan fingerprint density at radius 2 is 1.84 bits per heavy atom. The first-order chi connectivity index (χ1) is 12.2. The van der Waals surface area contributed by atoms with Crippen LogP contribution in [0.3, 0.4) is 0 Å². The number of benzene rings is 2. The molecule has 4 rings (SSSR count). The summed E-state index contributed by atoms with van der Waals surface area (Å²) in [7, 11) is 0. The molecule has 4 heteroatoms. The molecule has 1 saturated heterocycles. The van der Waals surface area contributed by atoms with E-state index in [0.717, 1.165) is 51.1 Å². The predicted molar refractivity (Wildman–Crippen MR) is 99.2 cm³/mol. The van der Waals surface area contributed by atoms with Gasteiger partial charge >= 0.3 is 0 Å². The number of nitrogens with zero attached hydrogens (tertiary/aromatic N) is 1. The molecule has 2 aromatic carbocycles. The SMILES string of the molecule is NC(=O)c1ccc(N2CCOCC2)cc1C1CCc2ccccc2C1. The second-order valence-corrected chi connectivity index (χ2v) is 6.94. The average molecular weight is 336 g/mol. The van der Waals surface area contributed by atoms with E-state index >= 15 is 0 Å². The van der Waals surface area contributed by atoms with Crippen LogP contribution in [0, 0.1) is 0 Å². The highest BCUT2D eigenvalue weighted by Gasteiger charge is 2.24. The highest BCUT2D eigenvalue weighted by atomic mass is 16.5. The molecule has 1 aliphatic heterocycles. The largest absolute Gasteiger partial charge is 0.378 e. The van der Waals surface area contributed by atoms with Gasteiger partial charge in [0.15, 0.2) is 0 Å². The number of morpholine rings is 1. The molecule has 1 fully saturated rings. The number of ether oxygens (including phenoxy) is 1. The lowest BCUT2D eigenvalue weighted by Crippen LogP contribution is -2.36. The summed E-state index contributed by atoms with van der Waals surface area (Å²) in [6, 6.07) is 14.7. The fraction of sp³-hybridized carbons (Fsp3) is 0.381. The minimum absolute atomic E-state index is 0.331. The molecular formula is C21H24N2O2. The van der Waals surface area contributed by atoms with E-state index in [0.29, 0.717) is 11.5 Å². The van der Waals surface area contributed by atoms with E-state index in [1.54, 1.807) is 0 Å². The maximum absolute atomic E-state index is 12.0. The van der Waals surface area contributed by atoms with Gasteiger partial charge < -0.3 is 15.4 Å². The van der Waals surface area contributed by atoms with Crippen LogP contribution in [-0.2, 0) is 17.6 Å². The molecule has 25 heavy (non-hydrogen) atoms. The number of primary amides is 1. The summed E-state index contributed by atoms with van der Waals surface area (Å²) in [5.41, 5.74) is 11.4. The van der Waals surface area contributed by atoms with Crippen molar-refractivity contribution in [2.45, 2.75) is 25.2 Å². The monoisotopic (exact) mass is 336 g/mol. The molecule has 1 aliphatic carbocycles. The first kappa shape index (κ1) is 16.2. The summed E-state index contributed by atoms with van der Waals surface area (Å²) in [5, 5.41) is 0. The Bertz CT molecular complexity index is 781. The van der Waals surface area contributed by atoms with Gasteiger partial charge in [0.05, 0.1) is 13.2 Å². The van der Waals surface area contributed by atoms with E-state index in [9.17, 15) is 4.79 Å². The van der Waals surface area contributed by atoms with E-state index < -0.39 is 0 Å². The Kier molecular flexibility index (Phi) is 4.45. The molecule has 0 spiro atoms. The Labute approximate surface area is 148 Å². The van der Waals surface area contributed by atoms with E-state index in [2.05, 4.69) is 35.2 Å². The molecule has 0 radical (unpaired) electrons. The number of aryl methyl sites for hydroxylation is 1. The Balaban J connectivity index is 1.68. The molecular weight excluding hydrogens is 312 g/mol. The molecule has 130 valence electrons. The van der Waals surface area contributed by atoms with Crippen molar-refractivity contribution < 1.29 is 9.53 Å². The summed E-state index contributed by atoms with van der Waals surface area (Å²) in [4.78, 5) is 14.3. The van der Waals surface area contributed by atoms with Gasteiger partial charge in [-0.2, -0.15) is 0 Å². The van der Waals surface area contributed by atoms with Crippen molar-refractivity contribution in [2.24, 2.45) is 5.73 Å². The van der Waals surface area contributed by atoms with Gasteiger partial charge in [-0.1, -0.05) is 24.3 Å². The standard InChI is InChI=1S/C21H24N2O2/c22-21(24)19-8-7-18(23-9-11-25-12-10-23)14-20(19)17-6-5-15-3-1-2-4-16(15)13-17/h1-4,7-8,14,17H,5-6,9-13H2,(H2,22,24). The van der Waals surface area contributed by atoms with Gasteiger partial charge in [-0.25, -0.2) is 0 Å². The maximum atomic E-state index is 12.0. The van der Waals surface area contributed by atoms with Gasteiger partial charge in [0, 0.05) is 24.3 Å². The zero-order chi connectivity index (χ0) is 17.2. The van der Waals surface area contributed by atoms with Gasteiger partial charge in [-0.15, -0.1) is 0 Å². The molecule has 4 nitrogen and oxygen atoms in total. The minimum Gasteiger partial charge on any atom is -0.378 e. The first-order valence-corrected chi connectivity index (χ1v) is 9.05.